The summed E-state index contributed by atoms with van der Waals surface area (Å²) in [6.07, 6.45) is 1.23. The van der Waals surface area contributed by atoms with E-state index in [-0.39, 0.29) is 16.9 Å². The first-order valence-electron chi connectivity index (χ1n) is 4.71. The quantitative estimate of drug-likeness (QED) is 0.269. The molecule has 0 aliphatic rings. The summed E-state index contributed by atoms with van der Waals surface area (Å²) >= 11 is 0.793. The Balaban J connectivity index is 3.47. The third-order valence-corrected chi connectivity index (χ3v) is 2.91. The molecule has 0 amide bonds. The van der Waals surface area contributed by atoms with Gasteiger partial charge in [-0.15, -0.1) is 6.58 Å². The molecule has 0 heterocycles. The van der Waals surface area contributed by atoms with Gasteiger partial charge < -0.3 is 0 Å². The predicted octanol–water partition coefficient (Wildman–Crippen LogP) is 3.54. The van der Waals surface area contributed by atoms with Crippen LogP contribution in [0.1, 0.15) is 5.56 Å². The zero-order valence-electron chi connectivity index (χ0n) is 9.36. The Hall–Kier alpha value is -1.01. The topological polar surface area (TPSA) is 3.24 Å². The molecule has 1 aromatic rings. The second-order valence-corrected chi connectivity index (χ2v) is 4.78. The zero-order chi connectivity index (χ0) is 13.2. The molecule has 0 spiro atoms. The van der Waals surface area contributed by atoms with E-state index in [9.17, 15) is 17.6 Å². The van der Waals surface area contributed by atoms with Crippen LogP contribution in [0, 0.1) is 23.3 Å². The highest BCUT2D eigenvalue weighted by Crippen LogP contribution is 2.33. The first kappa shape index (κ1) is 14.1. The summed E-state index contributed by atoms with van der Waals surface area (Å²) in [5.74, 6) is -6.32. The molecular weight excluding hydrogens is 254 g/mol. The molecule has 0 N–H and O–H groups in total. The lowest BCUT2D eigenvalue weighted by Crippen LogP contribution is -2.08. The van der Waals surface area contributed by atoms with Gasteiger partial charge >= 0.3 is 0 Å². The number of nitrogens with zero attached hydrogens (tertiary/aromatic N) is 1. The molecule has 0 aliphatic carbocycles. The van der Waals surface area contributed by atoms with Crippen molar-refractivity contribution in [3.63, 3.8) is 0 Å². The van der Waals surface area contributed by atoms with Crippen molar-refractivity contribution in [2.45, 2.75) is 11.3 Å². The average molecular weight is 265 g/mol. The van der Waals surface area contributed by atoms with E-state index in [2.05, 4.69) is 6.58 Å². The van der Waals surface area contributed by atoms with E-state index in [1.807, 2.05) is 0 Å². The molecule has 0 aliphatic heterocycles. The Morgan fingerprint density at radius 1 is 1.06 bits per heavy atom. The highest BCUT2D eigenvalue weighted by Gasteiger charge is 2.25. The number of benzene rings is 1. The first-order valence-corrected chi connectivity index (χ1v) is 5.48. The largest absolute Gasteiger partial charge is 0.252 e. The fourth-order valence-electron chi connectivity index (χ4n) is 1.26. The summed E-state index contributed by atoms with van der Waals surface area (Å²) in [6, 6.07) is 0. The Kier molecular flexibility index (Phi) is 4.59. The van der Waals surface area contributed by atoms with Crippen LogP contribution < -0.4 is 0 Å². The van der Waals surface area contributed by atoms with Crippen LogP contribution in [0.2, 0.25) is 0 Å². The summed E-state index contributed by atoms with van der Waals surface area (Å²) in [5.41, 5.74) is -0.227. The molecule has 0 aromatic heterocycles. The minimum absolute atomic E-state index is 0.0733. The summed E-state index contributed by atoms with van der Waals surface area (Å²) in [5, 5.41) is 0. The molecule has 0 saturated heterocycles. The van der Waals surface area contributed by atoms with Gasteiger partial charge in [0.25, 0.3) is 0 Å². The number of halogens is 4. The van der Waals surface area contributed by atoms with Crippen LogP contribution in [0.15, 0.2) is 17.6 Å². The van der Waals surface area contributed by atoms with E-state index in [1.165, 1.54) is 10.4 Å². The van der Waals surface area contributed by atoms with Gasteiger partial charge in [0.1, 0.15) is 0 Å². The molecule has 0 atom stereocenters. The van der Waals surface area contributed by atoms with E-state index in [1.54, 1.807) is 14.1 Å². The third kappa shape index (κ3) is 2.81. The highest BCUT2D eigenvalue weighted by molar-refractivity contribution is 7.97. The van der Waals surface area contributed by atoms with Crippen molar-refractivity contribution in [1.82, 2.24) is 4.31 Å². The Labute approximate surface area is 101 Å². The monoisotopic (exact) mass is 265 g/mol. The van der Waals surface area contributed by atoms with Gasteiger partial charge in [-0.2, -0.15) is 0 Å². The standard InChI is InChI=1S/C11H11F4NS/c1-4-5-6-7(12)8(13)9(14)10(15)11(6)17-16(2)3/h4H,1,5H2,2-3H3. The summed E-state index contributed by atoms with van der Waals surface area (Å²) < 4.78 is 54.6. The van der Waals surface area contributed by atoms with Gasteiger partial charge in [0, 0.05) is 5.56 Å². The summed E-state index contributed by atoms with van der Waals surface area (Å²) in [7, 11) is 3.17. The predicted molar refractivity (Wildman–Crippen MR) is 59.7 cm³/mol. The Bertz CT molecular complexity index is 446. The van der Waals surface area contributed by atoms with Crippen LogP contribution in [0.25, 0.3) is 0 Å². The van der Waals surface area contributed by atoms with E-state index in [0.717, 1.165) is 11.9 Å². The van der Waals surface area contributed by atoms with Crippen LogP contribution in [-0.4, -0.2) is 18.4 Å². The normalized spacial score (nSPS) is 11.0. The first-order chi connectivity index (χ1) is 7.90. The molecule has 1 nitrogen and oxygen atoms in total. The van der Waals surface area contributed by atoms with Crippen LogP contribution >= 0.6 is 11.9 Å². The number of rotatable bonds is 4. The molecule has 0 unspecified atom stereocenters. The van der Waals surface area contributed by atoms with Gasteiger partial charge in [0.2, 0.25) is 0 Å². The summed E-state index contributed by atoms with van der Waals surface area (Å²) in [4.78, 5) is -0.258. The molecule has 1 rings (SSSR count). The van der Waals surface area contributed by atoms with Gasteiger partial charge in [-0.05, 0) is 32.5 Å². The zero-order valence-corrected chi connectivity index (χ0v) is 10.2. The smallest absolute Gasteiger partial charge is 0.198 e. The molecule has 1 aromatic carbocycles. The van der Waals surface area contributed by atoms with Crippen LogP contribution in [0.3, 0.4) is 0 Å². The summed E-state index contributed by atoms with van der Waals surface area (Å²) in [6.45, 7) is 3.37. The fourth-order valence-corrected chi connectivity index (χ4v) is 2.08. The van der Waals surface area contributed by atoms with Crippen LogP contribution in [0.4, 0.5) is 17.6 Å². The van der Waals surface area contributed by atoms with Crippen molar-refractivity contribution in [3.8, 4) is 0 Å². The number of hydrogen-bond donors (Lipinski definition) is 0. The van der Waals surface area contributed by atoms with Crippen LogP contribution in [-0.2, 0) is 6.42 Å². The fraction of sp³-hybridized carbons (Fsp3) is 0.273. The SMILES string of the molecule is C=CCc1c(F)c(F)c(F)c(F)c1SN(C)C. The lowest BCUT2D eigenvalue weighted by molar-refractivity contribution is 0.392. The van der Waals surface area contributed by atoms with Gasteiger partial charge in [-0.1, -0.05) is 6.08 Å². The Morgan fingerprint density at radius 2 is 1.59 bits per heavy atom. The molecule has 0 bridgehead atoms. The Morgan fingerprint density at radius 3 is 2.06 bits per heavy atom. The number of allylic oxidation sites excluding steroid dienone is 1. The maximum Gasteiger partial charge on any atom is 0.198 e. The van der Waals surface area contributed by atoms with Gasteiger partial charge in [-0.3, -0.25) is 4.31 Å². The maximum absolute atomic E-state index is 13.5. The van der Waals surface area contributed by atoms with Gasteiger partial charge in [0.15, 0.2) is 23.3 Å². The van der Waals surface area contributed by atoms with E-state index < -0.39 is 23.3 Å². The van der Waals surface area contributed by atoms with Crippen molar-refractivity contribution in [2.75, 3.05) is 14.1 Å². The average Bonchev–Trinajstić information content (AvgIpc) is 2.28. The molecule has 0 saturated carbocycles. The molecule has 0 radical (unpaired) electrons. The minimum Gasteiger partial charge on any atom is -0.252 e. The molecule has 6 heteroatoms. The number of hydrogen-bond acceptors (Lipinski definition) is 2. The highest BCUT2D eigenvalue weighted by atomic mass is 32.2. The van der Waals surface area contributed by atoms with E-state index >= 15 is 0 Å². The molecular formula is C11H11F4NS. The van der Waals surface area contributed by atoms with E-state index in [4.69, 9.17) is 0 Å². The lowest BCUT2D eigenvalue weighted by atomic mass is 10.1. The second-order valence-electron chi connectivity index (χ2n) is 3.46. The van der Waals surface area contributed by atoms with Crippen molar-refractivity contribution >= 4 is 11.9 Å². The van der Waals surface area contributed by atoms with Crippen LogP contribution in [0.5, 0.6) is 0 Å². The maximum atomic E-state index is 13.5. The van der Waals surface area contributed by atoms with Gasteiger partial charge in [0.05, 0.1) is 4.90 Å². The van der Waals surface area contributed by atoms with Crippen molar-refractivity contribution in [2.24, 2.45) is 0 Å². The minimum atomic E-state index is -1.79. The van der Waals surface area contributed by atoms with Crippen molar-refractivity contribution < 1.29 is 17.6 Å². The molecule has 0 fully saturated rings. The van der Waals surface area contributed by atoms with Gasteiger partial charge in [-0.25, -0.2) is 17.6 Å². The molecule has 17 heavy (non-hydrogen) atoms. The van der Waals surface area contributed by atoms with Crippen molar-refractivity contribution in [1.29, 1.82) is 0 Å². The second kappa shape index (κ2) is 5.55. The molecule has 94 valence electrons. The van der Waals surface area contributed by atoms with Crippen molar-refractivity contribution in [3.05, 3.63) is 41.5 Å². The third-order valence-electron chi connectivity index (χ3n) is 1.94. The lowest BCUT2D eigenvalue weighted by Gasteiger charge is -2.15. The van der Waals surface area contributed by atoms with E-state index in [0.29, 0.717) is 0 Å².